The van der Waals surface area contributed by atoms with Crippen LogP contribution in [0, 0.1) is 0 Å². The Bertz CT molecular complexity index is 426. The molecule has 1 heterocycles. The number of benzene rings is 1. The Morgan fingerprint density at radius 3 is 3.18 bits per heavy atom. The number of carbonyl (C=O) groups excluding carboxylic acids is 1. The smallest absolute Gasteiger partial charge is 0.243 e. The first kappa shape index (κ1) is 11.9. The second-order valence-corrected chi connectivity index (χ2v) is 4.05. The van der Waals surface area contributed by atoms with Crippen LogP contribution in [0.4, 0.5) is 0 Å². The summed E-state index contributed by atoms with van der Waals surface area (Å²) in [5.41, 5.74) is 2.52. The Hall–Kier alpha value is -1.61. The van der Waals surface area contributed by atoms with Gasteiger partial charge in [-0.3, -0.25) is 4.79 Å². The molecule has 0 saturated heterocycles. The van der Waals surface area contributed by atoms with E-state index in [1.54, 1.807) is 6.08 Å². The summed E-state index contributed by atoms with van der Waals surface area (Å²) in [6, 6.07) is 8.24. The monoisotopic (exact) mass is 231 g/mol. The van der Waals surface area contributed by atoms with Crippen molar-refractivity contribution in [3.8, 4) is 0 Å². The van der Waals surface area contributed by atoms with E-state index in [0.29, 0.717) is 6.54 Å². The lowest BCUT2D eigenvalue weighted by Gasteiger charge is -2.26. The van der Waals surface area contributed by atoms with Crippen molar-refractivity contribution in [3.63, 3.8) is 0 Å². The highest BCUT2D eigenvalue weighted by Crippen LogP contribution is 2.25. The first-order chi connectivity index (χ1) is 8.31. The van der Waals surface area contributed by atoms with Crippen LogP contribution in [-0.2, 0) is 16.0 Å². The van der Waals surface area contributed by atoms with Crippen LogP contribution in [-0.4, -0.2) is 19.1 Å². The Balaban J connectivity index is 2.01. The average Bonchev–Trinajstić information content (AvgIpc) is 2.36. The predicted octanol–water partition coefficient (Wildman–Crippen LogP) is 1.99. The molecule has 0 unspecified atom stereocenters. The van der Waals surface area contributed by atoms with E-state index in [4.69, 9.17) is 4.74 Å². The molecule has 0 bridgehead atoms. The molecule has 0 spiro atoms. The summed E-state index contributed by atoms with van der Waals surface area (Å²) in [7, 11) is 0. The van der Waals surface area contributed by atoms with Gasteiger partial charge in [-0.1, -0.05) is 30.3 Å². The van der Waals surface area contributed by atoms with Gasteiger partial charge in [0.15, 0.2) is 0 Å². The first-order valence-corrected chi connectivity index (χ1v) is 5.91. The molecule has 2 rings (SSSR count). The molecule has 1 N–H and O–H groups in total. The maximum atomic E-state index is 11.3. The normalized spacial score (nSPS) is 19.0. The fourth-order valence-electron chi connectivity index (χ4n) is 2.05. The number of fused-ring (bicyclic) bond motifs is 1. The lowest BCUT2D eigenvalue weighted by atomic mass is 9.97. The molecule has 0 saturated carbocycles. The number of allylic oxidation sites excluding steroid dienone is 1. The SMILES string of the molecule is C/C=C/C(=O)NC[C@H]1OCCc2ccccc21. The van der Waals surface area contributed by atoms with Crippen LogP contribution in [0.3, 0.4) is 0 Å². The Morgan fingerprint density at radius 1 is 1.53 bits per heavy atom. The van der Waals surface area contributed by atoms with Crippen LogP contribution in [0.5, 0.6) is 0 Å². The molecule has 0 fully saturated rings. The number of nitrogens with one attached hydrogen (secondary N) is 1. The maximum absolute atomic E-state index is 11.3. The molecule has 1 aliphatic rings. The van der Waals surface area contributed by atoms with Crippen LogP contribution in [0.15, 0.2) is 36.4 Å². The van der Waals surface area contributed by atoms with Crippen LogP contribution >= 0.6 is 0 Å². The van der Waals surface area contributed by atoms with Gasteiger partial charge in [0, 0.05) is 6.54 Å². The highest BCUT2D eigenvalue weighted by Gasteiger charge is 2.20. The number of carbonyl (C=O) groups is 1. The van der Waals surface area contributed by atoms with Crippen molar-refractivity contribution in [2.45, 2.75) is 19.4 Å². The van der Waals surface area contributed by atoms with Gasteiger partial charge in [-0.25, -0.2) is 0 Å². The van der Waals surface area contributed by atoms with E-state index in [1.807, 2.05) is 19.1 Å². The standard InChI is InChI=1S/C14H17NO2/c1-2-5-14(16)15-10-13-12-7-4-3-6-11(12)8-9-17-13/h2-7,13H,8-10H2,1H3,(H,15,16)/b5-2+/t13-/m1/s1. The van der Waals surface area contributed by atoms with E-state index in [1.165, 1.54) is 17.2 Å². The second kappa shape index (κ2) is 5.64. The molecule has 3 heteroatoms. The summed E-state index contributed by atoms with van der Waals surface area (Å²) in [6.07, 6.45) is 4.18. The summed E-state index contributed by atoms with van der Waals surface area (Å²) in [5.74, 6) is -0.0702. The molecule has 0 aliphatic carbocycles. The lowest BCUT2D eigenvalue weighted by molar-refractivity contribution is -0.117. The van der Waals surface area contributed by atoms with Crippen molar-refractivity contribution in [1.82, 2.24) is 5.32 Å². The Kier molecular flexibility index (Phi) is 3.94. The van der Waals surface area contributed by atoms with Crippen molar-refractivity contribution >= 4 is 5.91 Å². The van der Waals surface area contributed by atoms with Gasteiger partial charge < -0.3 is 10.1 Å². The third-order valence-corrected chi connectivity index (χ3v) is 2.87. The quantitative estimate of drug-likeness (QED) is 0.808. The second-order valence-electron chi connectivity index (χ2n) is 4.05. The molecule has 1 aromatic carbocycles. The van der Waals surface area contributed by atoms with Crippen molar-refractivity contribution in [1.29, 1.82) is 0 Å². The van der Waals surface area contributed by atoms with Crippen LogP contribution in [0.2, 0.25) is 0 Å². The van der Waals surface area contributed by atoms with E-state index >= 15 is 0 Å². The van der Waals surface area contributed by atoms with E-state index < -0.39 is 0 Å². The minimum atomic E-state index is -0.0702. The topological polar surface area (TPSA) is 38.3 Å². The van der Waals surface area contributed by atoms with Gasteiger partial charge >= 0.3 is 0 Å². The predicted molar refractivity (Wildman–Crippen MR) is 66.7 cm³/mol. The Labute approximate surface area is 101 Å². The van der Waals surface area contributed by atoms with Gasteiger partial charge in [-0.2, -0.15) is 0 Å². The zero-order valence-corrected chi connectivity index (χ0v) is 9.98. The van der Waals surface area contributed by atoms with Crippen molar-refractivity contribution in [2.24, 2.45) is 0 Å². The van der Waals surface area contributed by atoms with Gasteiger partial charge in [-0.15, -0.1) is 0 Å². The number of hydrogen-bond donors (Lipinski definition) is 1. The summed E-state index contributed by atoms with van der Waals surface area (Å²) in [6.45, 7) is 3.08. The minimum Gasteiger partial charge on any atom is -0.371 e. The summed E-state index contributed by atoms with van der Waals surface area (Å²) < 4.78 is 5.69. The van der Waals surface area contributed by atoms with Gasteiger partial charge in [0.25, 0.3) is 0 Å². The third-order valence-electron chi connectivity index (χ3n) is 2.87. The highest BCUT2D eigenvalue weighted by atomic mass is 16.5. The largest absolute Gasteiger partial charge is 0.371 e. The molecule has 1 aliphatic heterocycles. The summed E-state index contributed by atoms with van der Waals surface area (Å²) >= 11 is 0. The van der Waals surface area contributed by atoms with Gasteiger partial charge in [-0.05, 0) is 30.5 Å². The molecule has 17 heavy (non-hydrogen) atoms. The average molecular weight is 231 g/mol. The Morgan fingerprint density at radius 2 is 2.35 bits per heavy atom. The van der Waals surface area contributed by atoms with E-state index in [0.717, 1.165) is 13.0 Å². The minimum absolute atomic E-state index is 0.0193. The van der Waals surface area contributed by atoms with E-state index in [2.05, 4.69) is 17.4 Å². The molecule has 1 aromatic rings. The van der Waals surface area contributed by atoms with E-state index in [-0.39, 0.29) is 12.0 Å². The number of amides is 1. The molecular formula is C14H17NO2. The van der Waals surface area contributed by atoms with Gasteiger partial charge in [0.05, 0.1) is 6.61 Å². The third kappa shape index (κ3) is 2.94. The molecular weight excluding hydrogens is 214 g/mol. The highest BCUT2D eigenvalue weighted by molar-refractivity contribution is 5.87. The molecule has 1 amide bonds. The molecule has 0 radical (unpaired) electrons. The fraction of sp³-hybridized carbons (Fsp3) is 0.357. The fourth-order valence-corrected chi connectivity index (χ4v) is 2.05. The van der Waals surface area contributed by atoms with Crippen molar-refractivity contribution in [2.75, 3.05) is 13.2 Å². The first-order valence-electron chi connectivity index (χ1n) is 5.91. The molecule has 3 nitrogen and oxygen atoms in total. The zero-order valence-electron chi connectivity index (χ0n) is 9.98. The number of ether oxygens (including phenoxy) is 1. The molecule has 1 atom stereocenters. The van der Waals surface area contributed by atoms with Crippen LogP contribution in [0.25, 0.3) is 0 Å². The van der Waals surface area contributed by atoms with Gasteiger partial charge in [0.2, 0.25) is 5.91 Å². The summed E-state index contributed by atoms with van der Waals surface area (Å²) in [5, 5.41) is 2.84. The van der Waals surface area contributed by atoms with Crippen LogP contribution in [0.1, 0.15) is 24.2 Å². The maximum Gasteiger partial charge on any atom is 0.243 e. The number of hydrogen-bond acceptors (Lipinski definition) is 2. The lowest BCUT2D eigenvalue weighted by Crippen LogP contribution is -2.30. The summed E-state index contributed by atoms with van der Waals surface area (Å²) in [4.78, 5) is 11.3. The van der Waals surface area contributed by atoms with Crippen LogP contribution < -0.4 is 5.32 Å². The van der Waals surface area contributed by atoms with Crippen molar-refractivity contribution in [3.05, 3.63) is 47.5 Å². The van der Waals surface area contributed by atoms with Crippen molar-refractivity contribution < 1.29 is 9.53 Å². The molecule has 90 valence electrons. The number of rotatable bonds is 3. The zero-order chi connectivity index (χ0) is 12.1. The van der Waals surface area contributed by atoms with E-state index in [9.17, 15) is 4.79 Å². The van der Waals surface area contributed by atoms with Gasteiger partial charge in [0.1, 0.15) is 6.10 Å². The molecule has 0 aromatic heterocycles.